The van der Waals surface area contributed by atoms with Crippen molar-refractivity contribution >= 4 is 5.91 Å². The maximum absolute atomic E-state index is 12.2. The summed E-state index contributed by atoms with van der Waals surface area (Å²) in [5, 5.41) is 17.4. The Balaban J connectivity index is 1.81. The maximum atomic E-state index is 12.2. The number of nitrogens with zero attached hydrogens (tertiary/aromatic N) is 3. The molecule has 1 heterocycles. The predicted molar refractivity (Wildman–Crippen MR) is 64.4 cm³/mol. The molecule has 0 atom stereocenters. The number of hydrogen-bond acceptors (Lipinski definition) is 4. The summed E-state index contributed by atoms with van der Waals surface area (Å²) >= 11 is 0. The Labute approximate surface area is 105 Å². The van der Waals surface area contributed by atoms with Crippen LogP contribution in [0.2, 0.25) is 0 Å². The van der Waals surface area contributed by atoms with Gasteiger partial charge in [-0.25, -0.2) is 0 Å². The first kappa shape index (κ1) is 11.4. The fraction of sp³-hybridized carbons (Fsp3) is 0.667. The second kappa shape index (κ2) is 4.51. The zero-order valence-corrected chi connectivity index (χ0v) is 10.3. The second-order valence-corrected chi connectivity index (χ2v) is 5.10. The van der Waals surface area contributed by atoms with E-state index in [0.717, 1.165) is 50.5 Å². The number of carbonyl (C=O) groups is 1. The van der Waals surface area contributed by atoms with Crippen molar-refractivity contribution in [3.63, 3.8) is 0 Å². The van der Waals surface area contributed by atoms with Crippen LogP contribution in [0.4, 0.5) is 0 Å². The Kier molecular flexibility index (Phi) is 2.85. The van der Waals surface area contributed by atoms with Crippen LogP contribution in [-0.2, 0) is 10.3 Å². The molecule has 6 nitrogen and oxygen atoms in total. The largest absolute Gasteiger partial charge is 0.339 e. The van der Waals surface area contributed by atoms with E-state index in [0.29, 0.717) is 5.82 Å². The summed E-state index contributed by atoms with van der Waals surface area (Å²) in [6, 6.07) is 0. The molecule has 18 heavy (non-hydrogen) atoms. The van der Waals surface area contributed by atoms with Crippen LogP contribution in [0.1, 0.15) is 50.8 Å². The highest BCUT2D eigenvalue weighted by atomic mass is 16.1. The third kappa shape index (κ3) is 1.91. The molecule has 0 bridgehead atoms. The predicted octanol–water partition coefficient (Wildman–Crippen LogP) is 1.20. The molecule has 2 aliphatic carbocycles. The molecular formula is C12H17N5O. The molecule has 1 amide bonds. The van der Waals surface area contributed by atoms with E-state index >= 15 is 0 Å². The minimum atomic E-state index is -0.409. The fourth-order valence-corrected chi connectivity index (χ4v) is 2.92. The molecule has 1 aromatic heterocycles. The number of hydrogen-bond donors (Lipinski definition) is 2. The summed E-state index contributed by atoms with van der Waals surface area (Å²) in [6.45, 7) is 0. The molecule has 1 aromatic rings. The van der Waals surface area contributed by atoms with Gasteiger partial charge in [0.25, 0.3) is 0 Å². The molecule has 2 N–H and O–H groups in total. The van der Waals surface area contributed by atoms with E-state index in [1.165, 1.54) is 0 Å². The summed E-state index contributed by atoms with van der Waals surface area (Å²) in [4.78, 5) is 12.2. The van der Waals surface area contributed by atoms with Crippen LogP contribution in [0.3, 0.4) is 0 Å². The Bertz CT molecular complexity index is 459. The minimum Gasteiger partial charge on any atom is -0.339 e. The highest BCUT2D eigenvalue weighted by Crippen LogP contribution is 2.37. The van der Waals surface area contributed by atoms with Crippen molar-refractivity contribution in [2.75, 3.05) is 0 Å². The smallest absolute Gasteiger partial charge is 0.247 e. The molecule has 0 aliphatic heterocycles. The Morgan fingerprint density at radius 3 is 2.78 bits per heavy atom. The number of carbonyl (C=O) groups excluding carboxylic acids is 1. The van der Waals surface area contributed by atoms with E-state index < -0.39 is 5.54 Å². The lowest BCUT2D eigenvalue weighted by molar-refractivity contribution is -0.119. The van der Waals surface area contributed by atoms with Crippen LogP contribution >= 0.6 is 0 Å². The van der Waals surface area contributed by atoms with Gasteiger partial charge >= 0.3 is 0 Å². The van der Waals surface area contributed by atoms with Crippen molar-refractivity contribution in [3.8, 4) is 0 Å². The van der Waals surface area contributed by atoms with Gasteiger partial charge in [0.1, 0.15) is 5.54 Å². The summed E-state index contributed by atoms with van der Waals surface area (Å²) < 4.78 is 0. The molecule has 2 aliphatic rings. The number of allylic oxidation sites excluding steroid dienone is 1. The van der Waals surface area contributed by atoms with Gasteiger partial charge in [-0.3, -0.25) is 4.79 Å². The monoisotopic (exact) mass is 247 g/mol. The number of H-pyrrole nitrogens is 1. The molecule has 1 fully saturated rings. The highest BCUT2D eigenvalue weighted by Gasteiger charge is 2.41. The van der Waals surface area contributed by atoms with E-state index in [1.54, 1.807) is 0 Å². The van der Waals surface area contributed by atoms with Crippen LogP contribution in [0, 0.1) is 0 Å². The minimum absolute atomic E-state index is 0.0409. The first-order chi connectivity index (χ1) is 8.80. The molecule has 3 rings (SSSR count). The number of aromatic nitrogens is 4. The number of tetrazole rings is 1. The van der Waals surface area contributed by atoms with Crippen LogP contribution in [-0.4, -0.2) is 26.5 Å². The fourth-order valence-electron chi connectivity index (χ4n) is 2.92. The molecule has 0 unspecified atom stereocenters. The van der Waals surface area contributed by atoms with Crippen molar-refractivity contribution < 1.29 is 4.79 Å². The van der Waals surface area contributed by atoms with Crippen LogP contribution < -0.4 is 5.32 Å². The van der Waals surface area contributed by atoms with Crippen molar-refractivity contribution in [1.29, 1.82) is 0 Å². The van der Waals surface area contributed by atoms with Crippen LogP contribution in [0.5, 0.6) is 0 Å². The molecule has 0 saturated heterocycles. The van der Waals surface area contributed by atoms with Gasteiger partial charge in [0.05, 0.1) is 0 Å². The summed E-state index contributed by atoms with van der Waals surface area (Å²) in [6.07, 6.45) is 8.98. The number of nitrogens with one attached hydrogen (secondary N) is 2. The molecule has 0 radical (unpaired) electrons. The topological polar surface area (TPSA) is 83.6 Å². The van der Waals surface area contributed by atoms with Crippen molar-refractivity contribution in [2.24, 2.45) is 0 Å². The summed E-state index contributed by atoms with van der Waals surface area (Å²) in [5.74, 6) is 0.658. The highest BCUT2D eigenvalue weighted by molar-refractivity contribution is 5.94. The SMILES string of the molecule is O=C(NC1(c2nn[nH]n2)CCCC1)C1=CCCC1. The van der Waals surface area contributed by atoms with E-state index in [2.05, 4.69) is 25.9 Å². The van der Waals surface area contributed by atoms with Crippen molar-refractivity contribution in [3.05, 3.63) is 17.5 Å². The Morgan fingerprint density at radius 1 is 1.33 bits per heavy atom. The molecule has 1 saturated carbocycles. The average molecular weight is 247 g/mol. The van der Waals surface area contributed by atoms with Crippen LogP contribution in [0.25, 0.3) is 0 Å². The maximum Gasteiger partial charge on any atom is 0.247 e. The zero-order valence-electron chi connectivity index (χ0n) is 10.3. The van der Waals surface area contributed by atoms with E-state index in [4.69, 9.17) is 0 Å². The second-order valence-electron chi connectivity index (χ2n) is 5.10. The molecule has 6 heteroatoms. The van der Waals surface area contributed by atoms with Gasteiger partial charge in [-0.05, 0) is 32.1 Å². The van der Waals surface area contributed by atoms with Gasteiger partial charge in [-0.15, -0.1) is 10.2 Å². The first-order valence-electron chi connectivity index (χ1n) is 6.56. The van der Waals surface area contributed by atoms with Gasteiger partial charge in [0.15, 0.2) is 5.82 Å². The van der Waals surface area contributed by atoms with Gasteiger partial charge in [-0.2, -0.15) is 5.21 Å². The average Bonchev–Trinajstić information content (AvgIpc) is 3.12. The van der Waals surface area contributed by atoms with Crippen molar-refractivity contribution in [2.45, 2.75) is 50.5 Å². The standard InChI is InChI=1S/C12H17N5O/c18-10(9-5-1-2-6-9)13-12(7-3-4-8-12)11-14-16-17-15-11/h5H,1-4,6-8H2,(H,13,18)(H,14,15,16,17). The van der Waals surface area contributed by atoms with Crippen LogP contribution in [0.15, 0.2) is 11.6 Å². The van der Waals surface area contributed by atoms with E-state index in [9.17, 15) is 4.79 Å². The lowest BCUT2D eigenvalue weighted by Crippen LogP contribution is -2.45. The van der Waals surface area contributed by atoms with Crippen molar-refractivity contribution in [1.82, 2.24) is 25.9 Å². The van der Waals surface area contributed by atoms with Gasteiger partial charge < -0.3 is 5.32 Å². The summed E-state index contributed by atoms with van der Waals surface area (Å²) in [7, 11) is 0. The molecular weight excluding hydrogens is 230 g/mol. The Hall–Kier alpha value is -1.72. The third-order valence-electron chi connectivity index (χ3n) is 3.92. The third-order valence-corrected chi connectivity index (χ3v) is 3.92. The zero-order chi connectivity index (χ0) is 12.4. The number of amides is 1. The van der Waals surface area contributed by atoms with Gasteiger partial charge in [0, 0.05) is 5.57 Å². The Morgan fingerprint density at radius 2 is 2.17 bits per heavy atom. The number of rotatable bonds is 3. The molecule has 0 spiro atoms. The van der Waals surface area contributed by atoms with E-state index in [-0.39, 0.29) is 5.91 Å². The lowest BCUT2D eigenvalue weighted by Gasteiger charge is -2.26. The normalized spacial score (nSPS) is 21.9. The summed E-state index contributed by atoms with van der Waals surface area (Å²) in [5.41, 5.74) is 0.498. The quantitative estimate of drug-likeness (QED) is 0.840. The number of aromatic amines is 1. The van der Waals surface area contributed by atoms with Gasteiger partial charge in [-0.1, -0.05) is 24.1 Å². The molecule has 0 aromatic carbocycles. The lowest BCUT2D eigenvalue weighted by atomic mass is 9.96. The molecule has 96 valence electrons. The van der Waals surface area contributed by atoms with E-state index in [1.807, 2.05) is 6.08 Å². The first-order valence-corrected chi connectivity index (χ1v) is 6.56. The van der Waals surface area contributed by atoms with Gasteiger partial charge in [0.2, 0.25) is 5.91 Å².